The van der Waals surface area contributed by atoms with Crippen LogP contribution in [0.25, 0.3) is 0 Å². The van der Waals surface area contributed by atoms with E-state index in [-0.39, 0.29) is 35.7 Å². The van der Waals surface area contributed by atoms with Crippen molar-refractivity contribution in [2.45, 2.75) is 96.3 Å². The molecule has 0 bridgehead atoms. The van der Waals surface area contributed by atoms with Gasteiger partial charge in [0.1, 0.15) is 30.5 Å². The summed E-state index contributed by atoms with van der Waals surface area (Å²) in [6, 6.07) is 0. The average Bonchev–Trinajstić information content (AvgIpc) is 3.36. The molecule has 1 saturated carbocycles. The zero-order valence-electron chi connectivity index (χ0n) is 20.7. The van der Waals surface area contributed by atoms with Gasteiger partial charge in [-0.3, -0.25) is 0 Å². The molecule has 0 spiro atoms. The Labute approximate surface area is 201 Å². The molecule has 1 saturated heterocycles. The Morgan fingerprint density at radius 3 is 2.35 bits per heavy atom. The standard InChI is InChI=1S/C26H42O8/c1-12(2)15-7-8-26(4)9-17-14(10-27)5-6-16(17)13(3)20(29)24(19(15)26)34-25-23(32)22(31)21(30)18(11-28)33-25/h9,12-14,16,18,20-25,27-32H,5-8,10-11H2,1-4H3/t13-,14+,16+,18-,20-,21-,22-,23+,24-,25-,26-/m1/s1. The van der Waals surface area contributed by atoms with E-state index >= 15 is 0 Å². The molecule has 11 atom stereocenters. The largest absolute Gasteiger partial charge is 0.396 e. The third-order valence-electron chi connectivity index (χ3n) is 8.90. The van der Waals surface area contributed by atoms with Crippen LogP contribution in [-0.2, 0) is 9.47 Å². The van der Waals surface area contributed by atoms with Crippen LogP contribution in [0, 0.1) is 29.1 Å². The van der Waals surface area contributed by atoms with Crippen LogP contribution in [0.3, 0.4) is 0 Å². The van der Waals surface area contributed by atoms with Crippen LogP contribution in [0.4, 0.5) is 0 Å². The van der Waals surface area contributed by atoms with E-state index in [4.69, 9.17) is 9.47 Å². The van der Waals surface area contributed by atoms with E-state index in [9.17, 15) is 30.6 Å². The molecule has 194 valence electrons. The number of rotatable bonds is 5. The molecule has 0 aromatic rings. The first kappa shape index (κ1) is 26.2. The number of ether oxygens (including phenoxy) is 2. The lowest BCUT2D eigenvalue weighted by Gasteiger charge is -2.45. The fourth-order valence-corrected chi connectivity index (χ4v) is 6.82. The number of fused-ring (bicyclic) bond motifs is 2. The van der Waals surface area contributed by atoms with E-state index in [0.29, 0.717) is 0 Å². The summed E-state index contributed by atoms with van der Waals surface area (Å²) >= 11 is 0. The van der Waals surface area contributed by atoms with Crippen molar-refractivity contribution >= 4 is 0 Å². The third kappa shape index (κ3) is 4.30. The maximum Gasteiger partial charge on any atom is 0.187 e. The Bertz CT molecular complexity index is 807. The fourth-order valence-electron chi connectivity index (χ4n) is 6.82. The summed E-state index contributed by atoms with van der Waals surface area (Å²) in [5, 5.41) is 62.5. The second kappa shape index (κ2) is 9.90. The van der Waals surface area contributed by atoms with E-state index < -0.39 is 49.5 Å². The Morgan fingerprint density at radius 2 is 1.74 bits per heavy atom. The van der Waals surface area contributed by atoms with Crippen molar-refractivity contribution < 1.29 is 40.1 Å². The van der Waals surface area contributed by atoms with Gasteiger partial charge in [-0.25, -0.2) is 0 Å². The van der Waals surface area contributed by atoms with Crippen LogP contribution in [0.5, 0.6) is 0 Å². The minimum absolute atomic E-state index is 0.0993. The van der Waals surface area contributed by atoms with Crippen molar-refractivity contribution in [3.63, 3.8) is 0 Å². The van der Waals surface area contributed by atoms with Gasteiger partial charge in [0, 0.05) is 17.9 Å². The highest BCUT2D eigenvalue weighted by Gasteiger charge is 2.52. The lowest BCUT2D eigenvalue weighted by molar-refractivity contribution is -0.315. The van der Waals surface area contributed by atoms with Crippen molar-refractivity contribution in [1.82, 2.24) is 0 Å². The Hall–Kier alpha value is -0.840. The maximum atomic E-state index is 11.7. The molecule has 3 aliphatic carbocycles. The highest BCUT2D eigenvalue weighted by Crippen LogP contribution is 2.55. The van der Waals surface area contributed by atoms with Gasteiger partial charge in [-0.2, -0.15) is 0 Å². The molecule has 2 fully saturated rings. The molecule has 0 amide bonds. The smallest absolute Gasteiger partial charge is 0.187 e. The summed E-state index contributed by atoms with van der Waals surface area (Å²) < 4.78 is 12.0. The van der Waals surface area contributed by atoms with Crippen molar-refractivity contribution in [2.24, 2.45) is 29.1 Å². The lowest BCUT2D eigenvalue weighted by atomic mass is 9.68. The minimum atomic E-state index is -1.54. The van der Waals surface area contributed by atoms with Gasteiger partial charge in [0.15, 0.2) is 6.29 Å². The zero-order chi connectivity index (χ0) is 24.9. The second-order valence-electron chi connectivity index (χ2n) is 11.3. The first-order valence-electron chi connectivity index (χ1n) is 12.7. The number of hydrogen-bond acceptors (Lipinski definition) is 8. The highest BCUT2D eigenvalue weighted by molar-refractivity contribution is 5.41. The predicted molar refractivity (Wildman–Crippen MR) is 124 cm³/mol. The molecule has 6 N–H and O–H groups in total. The fraction of sp³-hybridized carbons (Fsp3) is 0.846. The van der Waals surface area contributed by atoms with Gasteiger partial charge in [0.2, 0.25) is 0 Å². The molecule has 1 aliphatic heterocycles. The van der Waals surface area contributed by atoms with E-state index in [0.717, 1.165) is 31.3 Å². The molecule has 34 heavy (non-hydrogen) atoms. The number of hydrogen-bond donors (Lipinski definition) is 6. The van der Waals surface area contributed by atoms with Gasteiger partial charge in [-0.1, -0.05) is 44.9 Å². The summed E-state index contributed by atoms with van der Waals surface area (Å²) in [6.45, 7) is 7.96. The van der Waals surface area contributed by atoms with Crippen molar-refractivity contribution in [3.8, 4) is 0 Å². The molecule has 1 heterocycles. The Balaban J connectivity index is 1.78. The topological polar surface area (TPSA) is 140 Å². The maximum absolute atomic E-state index is 11.7. The van der Waals surface area contributed by atoms with Crippen LogP contribution in [0.15, 0.2) is 22.8 Å². The zero-order valence-corrected chi connectivity index (χ0v) is 20.7. The summed E-state index contributed by atoms with van der Waals surface area (Å²) in [5.41, 5.74) is 3.03. The Morgan fingerprint density at radius 1 is 1.03 bits per heavy atom. The average molecular weight is 483 g/mol. The molecular formula is C26H42O8. The molecule has 4 aliphatic rings. The molecule has 8 nitrogen and oxygen atoms in total. The predicted octanol–water partition coefficient (Wildman–Crippen LogP) is 0.880. The van der Waals surface area contributed by atoms with Gasteiger partial charge in [0.05, 0.1) is 12.7 Å². The number of allylic oxidation sites excluding steroid dienone is 2. The Kier molecular flexibility index (Phi) is 7.64. The lowest BCUT2D eigenvalue weighted by Crippen LogP contribution is -2.60. The van der Waals surface area contributed by atoms with Crippen LogP contribution < -0.4 is 0 Å². The first-order valence-corrected chi connectivity index (χ1v) is 12.7. The molecule has 0 aromatic carbocycles. The molecule has 0 aromatic heterocycles. The molecule has 0 radical (unpaired) electrons. The van der Waals surface area contributed by atoms with Crippen molar-refractivity contribution in [1.29, 1.82) is 0 Å². The summed E-state index contributed by atoms with van der Waals surface area (Å²) in [6.07, 6.45) is -2.83. The van der Waals surface area contributed by atoms with Crippen LogP contribution in [0.1, 0.15) is 53.4 Å². The van der Waals surface area contributed by atoms with Gasteiger partial charge >= 0.3 is 0 Å². The van der Waals surface area contributed by atoms with E-state index in [1.54, 1.807) is 0 Å². The monoisotopic (exact) mass is 482 g/mol. The first-order chi connectivity index (χ1) is 16.0. The minimum Gasteiger partial charge on any atom is -0.396 e. The van der Waals surface area contributed by atoms with E-state index in [1.807, 2.05) is 6.92 Å². The summed E-state index contributed by atoms with van der Waals surface area (Å²) in [5.74, 6) is 0.285. The van der Waals surface area contributed by atoms with Crippen LogP contribution in [0.2, 0.25) is 0 Å². The van der Waals surface area contributed by atoms with Gasteiger partial charge in [-0.05, 0) is 49.0 Å². The molecule has 0 unspecified atom stereocenters. The third-order valence-corrected chi connectivity index (χ3v) is 8.90. The van der Waals surface area contributed by atoms with E-state index in [2.05, 4.69) is 26.8 Å². The van der Waals surface area contributed by atoms with Crippen molar-refractivity contribution in [2.75, 3.05) is 13.2 Å². The molecule has 4 rings (SSSR count). The molecule has 8 heteroatoms. The van der Waals surface area contributed by atoms with Gasteiger partial charge in [0.25, 0.3) is 0 Å². The SMILES string of the molecule is CC(C)C1=C2[C@@H](O[C@H]3O[C@H](CO)[C@@H](O)[C@@H](O)[C@@H]3O)[C@H](O)[C@H](C)[C@@H]3CC[C@@H](CO)C3=C[C@@]2(C)CC1. The van der Waals surface area contributed by atoms with E-state index in [1.165, 1.54) is 11.1 Å². The van der Waals surface area contributed by atoms with Crippen LogP contribution >= 0.6 is 0 Å². The van der Waals surface area contributed by atoms with Crippen molar-refractivity contribution in [3.05, 3.63) is 22.8 Å². The normalized spacial score (nSPS) is 47.3. The summed E-state index contributed by atoms with van der Waals surface area (Å²) in [4.78, 5) is 0. The van der Waals surface area contributed by atoms with Crippen LogP contribution in [-0.4, -0.2) is 86.8 Å². The number of aliphatic hydroxyl groups is 6. The quantitative estimate of drug-likeness (QED) is 0.318. The highest BCUT2D eigenvalue weighted by atomic mass is 16.7. The van der Waals surface area contributed by atoms with Gasteiger partial charge < -0.3 is 40.1 Å². The summed E-state index contributed by atoms with van der Waals surface area (Å²) in [7, 11) is 0. The van der Waals surface area contributed by atoms with Gasteiger partial charge in [-0.15, -0.1) is 0 Å². The molecular weight excluding hydrogens is 440 g/mol. The second-order valence-corrected chi connectivity index (χ2v) is 11.3. The number of aliphatic hydroxyl groups excluding tert-OH is 6.